The van der Waals surface area contributed by atoms with Gasteiger partial charge in [-0.25, -0.2) is 4.98 Å². The van der Waals surface area contributed by atoms with Crippen LogP contribution in [0.4, 0.5) is 17.5 Å². The molecule has 2 heterocycles. The highest BCUT2D eigenvalue weighted by molar-refractivity contribution is 5.57. The largest absolute Gasteiger partial charge is 0.364 e. The average molecular weight is 440 g/mol. The lowest BCUT2D eigenvalue weighted by atomic mass is 9.85. The Bertz CT molecular complexity index is 909. The zero-order chi connectivity index (χ0) is 22.3. The third-order valence-corrected chi connectivity index (χ3v) is 6.68. The van der Waals surface area contributed by atoms with Gasteiger partial charge < -0.3 is 21.3 Å². The molecule has 32 heavy (non-hydrogen) atoms. The molecule has 9 heteroatoms. The summed E-state index contributed by atoms with van der Waals surface area (Å²) in [6.07, 6.45) is 8.66. The van der Waals surface area contributed by atoms with E-state index in [1.807, 2.05) is 24.3 Å². The van der Waals surface area contributed by atoms with E-state index in [-0.39, 0.29) is 11.5 Å². The Morgan fingerprint density at radius 1 is 1.12 bits per heavy atom. The van der Waals surface area contributed by atoms with Crippen LogP contribution in [-0.4, -0.2) is 45.5 Å². The molecule has 0 bridgehead atoms. The van der Waals surface area contributed by atoms with Crippen LogP contribution in [0, 0.1) is 16.0 Å². The number of hydrogen-bond donors (Lipinski definition) is 3. The van der Waals surface area contributed by atoms with Gasteiger partial charge in [0.25, 0.3) is 0 Å². The molecule has 9 nitrogen and oxygen atoms in total. The quantitative estimate of drug-likeness (QED) is 0.401. The summed E-state index contributed by atoms with van der Waals surface area (Å²) in [6.45, 7) is 4.18. The van der Waals surface area contributed by atoms with Gasteiger partial charge in [0.05, 0.1) is 4.92 Å². The number of nitrogens with zero attached hydrogens (tertiary/aromatic N) is 4. The van der Waals surface area contributed by atoms with Crippen LogP contribution in [0.5, 0.6) is 0 Å². The van der Waals surface area contributed by atoms with Gasteiger partial charge in [0, 0.05) is 25.7 Å². The molecule has 0 spiro atoms. The molecule has 1 aromatic heterocycles. The average Bonchev–Trinajstić information content (AvgIpc) is 3.37. The molecular weight excluding hydrogens is 406 g/mol. The van der Waals surface area contributed by atoms with Crippen LogP contribution in [0.3, 0.4) is 0 Å². The molecule has 2 aliphatic rings. The molecule has 1 aliphatic heterocycles. The van der Waals surface area contributed by atoms with Gasteiger partial charge in [0.1, 0.15) is 6.20 Å². The number of benzene rings is 1. The van der Waals surface area contributed by atoms with E-state index >= 15 is 0 Å². The first-order valence-corrected chi connectivity index (χ1v) is 11.6. The van der Waals surface area contributed by atoms with Gasteiger partial charge in [-0.15, -0.1) is 0 Å². The molecule has 4 N–H and O–H groups in total. The van der Waals surface area contributed by atoms with Gasteiger partial charge in [-0.3, -0.25) is 10.1 Å². The van der Waals surface area contributed by atoms with Crippen LogP contribution >= 0.6 is 0 Å². The van der Waals surface area contributed by atoms with Crippen molar-refractivity contribution in [1.29, 1.82) is 0 Å². The van der Waals surface area contributed by atoms with Crippen LogP contribution in [0.2, 0.25) is 0 Å². The fraction of sp³-hybridized carbons (Fsp3) is 0.565. The molecule has 2 aromatic rings. The second-order valence-corrected chi connectivity index (χ2v) is 8.86. The Hall–Kier alpha value is -2.78. The van der Waals surface area contributed by atoms with E-state index in [9.17, 15) is 10.1 Å². The summed E-state index contributed by atoms with van der Waals surface area (Å²) in [6, 6.07) is 8.68. The zero-order valence-electron chi connectivity index (χ0n) is 18.5. The molecule has 0 unspecified atom stereocenters. The molecule has 172 valence electrons. The fourth-order valence-electron chi connectivity index (χ4n) is 4.83. The molecule has 0 amide bonds. The van der Waals surface area contributed by atoms with Crippen LogP contribution in [0.25, 0.3) is 0 Å². The van der Waals surface area contributed by atoms with Crippen molar-refractivity contribution in [3.8, 4) is 0 Å². The van der Waals surface area contributed by atoms with Crippen LogP contribution < -0.4 is 16.4 Å². The van der Waals surface area contributed by atoms with Crippen molar-refractivity contribution in [3.63, 3.8) is 0 Å². The predicted molar refractivity (Wildman–Crippen MR) is 125 cm³/mol. The Morgan fingerprint density at radius 2 is 1.88 bits per heavy atom. The molecule has 2 fully saturated rings. The van der Waals surface area contributed by atoms with Crippen molar-refractivity contribution in [1.82, 2.24) is 14.9 Å². The third-order valence-electron chi connectivity index (χ3n) is 6.68. The molecule has 1 aromatic carbocycles. The Balaban J connectivity index is 1.34. The number of hydrogen-bond acceptors (Lipinski definition) is 8. The Labute approximate surface area is 189 Å². The van der Waals surface area contributed by atoms with Crippen molar-refractivity contribution < 1.29 is 4.92 Å². The van der Waals surface area contributed by atoms with E-state index in [0.717, 1.165) is 30.0 Å². The SMILES string of the molecule is NCc1cccc(CNc2ncc([N+](=O)[O-])c(NC[C@H]3CC[C@H](N4CCCC4)CC3)n2)c1. The first kappa shape index (κ1) is 22.4. The van der Waals surface area contributed by atoms with Gasteiger partial charge >= 0.3 is 5.69 Å². The van der Waals surface area contributed by atoms with E-state index in [2.05, 4.69) is 25.5 Å². The second-order valence-electron chi connectivity index (χ2n) is 8.86. The minimum absolute atomic E-state index is 0.0913. The van der Waals surface area contributed by atoms with Gasteiger partial charge in [-0.05, 0) is 68.7 Å². The normalized spacial score (nSPS) is 21.4. The summed E-state index contributed by atoms with van der Waals surface area (Å²) in [5.41, 5.74) is 7.72. The number of nitrogens with two attached hydrogens (primary N) is 1. The van der Waals surface area contributed by atoms with E-state index in [0.29, 0.717) is 31.5 Å². The molecule has 1 saturated heterocycles. The van der Waals surface area contributed by atoms with E-state index in [1.165, 1.54) is 45.0 Å². The van der Waals surface area contributed by atoms with Crippen molar-refractivity contribution in [2.45, 2.75) is 57.7 Å². The maximum Gasteiger partial charge on any atom is 0.329 e. The fourth-order valence-corrected chi connectivity index (χ4v) is 4.83. The van der Waals surface area contributed by atoms with Crippen molar-refractivity contribution in [3.05, 3.63) is 51.7 Å². The molecule has 4 rings (SSSR count). The molecule has 0 atom stereocenters. The summed E-state index contributed by atoms with van der Waals surface area (Å²) >= 11 is 0. The van der Waals surface area contributed by atoms with Crippen molar-refractivity contribution >= 4 is 17.5 Å². The summed E-state index contributed by atoms with van der Waals surface area (Å²) in [4.78, 5) is 22.2. The number of aromatic nitrogens is 2. The van der Waals surface area contributed by atoms with Crippen LogP contribution in [-0.2, 0) is 13.1 Å². The Morgan fingerprint density at radius 3 is 2.59 bits per heavy atom. The number of rotatable bonds is 9. The highest BCUT2D eigenvalue weighted by Gasteiger charge is 2.28. The van der Waals surface area contributed by atoms with Gasteiger partial charge in [-0.2, -0.15) is 4.98 Å². The first-order chi connectivity index (χ1) is 15.6. The predicted octanol–water partition coefficient (Wildman–Crippen LogP) is 3.52. The zero-order valence-corrected chi connectivity index (χ0v) is 18.5. The van der Waals surface area contributed by atoms with Gasteiger partial charge in [0.2, 0.25) is 11.8 Å². The summed E-state index contributed by atoms with van der Waals surface area (Å²) in [5, 5.41) is 17.9. The highest BCUT2D eigenvalue weighted by Crippen LogP contribution is 2.30. The number of likely N-dealkylation sites (tertiary alicyclic amines) is 1. The molecular formula is C23H33N7O2. The van der Waals surface area contributed by atoms with Crippen LogP contribution in [0.1, 0.15) is 49.7 Å². The third kappa shape index (κ3) is 5.72. The maximum absolute atomic E-state index is 11.5. The lowest BCUT2D eigenvalue weighted by Gasteiger charge is -2.34. The first-order valence-electron chi connectivity index (χ1n) is 11.6. The Kier molecular flexibility index (Phi) is 7.49. The van der Waals surface area contributed by atoms with Crippen molar-refractivity contribution in [2.24, 2.45) is 11.7 Å². The molecule has 1 aliphatic carbocycles. The van der Waals surface area contributed by atoms with E-state index < -0.39 is 4.92 Å². The summed E-state index contributed by atoms with van der Waals surface area (Å²) in [7, 11) is 0. The lowest BCUT2D eigenvalue weighted by molar-refractivity contribution is -0.384. The molecule has 1 saturated carbocycles. The monoisotopic (exact) mass is 439 g/mol. The maximum atomic E-state index is 11.5. The van der Waals surface area contributed by atoms with Crippen molar-refractivity contribution in [2.75, 3.05) is 30.3 Å². The minimum Gasteiger partial charge on any atom is -0.364 e. The number of anilines is 2. The summed E-state index contributed by atoms with van der Waals surface area (Å²) in [5.74, 6) is 1.16. The lowest BCUT2D eigenvalue weighted by Crippen LogP contribution is -2.37. The number of nitrogens with one attached hydrogen (secondary N) is 2. The molecule has 0 radical (unpaired) electrons. The highest BCUT2D eigenvalue weighted by atomic mass is 16.6. The topological polar surface area (TPSA) is 122 Å². The number of nitro groups is 1. The van der Waals surface area contributed by atoms with Gasteiger partial charge in [0.15, 0.2) is 0 Å². The summed E-state index contributed by atoms with van der Waals surface area (Å²) < 4.78 is 0. The van der Waals surface area contributed by atoms with E-state index in [4.69, 9.17) is 5.73 Å². The minimum atomic E-state index is -0.429. The van der Waals surface area contributed by atoms with Gasteiger partial charge in [-0.1, -0.05) is 24.3 Å². The smallest absolute Gasteiger partial charge is 0.329 e. The standard InChI is InChI=1S/C23H33N7O2/c24-13-18-4-3-5-19(12-18)15-26-23-27-16-21(30(31)32)22(28-23)25-14-17-6-8-20(9-7-17)29-10-1-2-11-29/h3-5,12,16-17,20H,1-2,6-11,13-15,24H2,(H2,25,26,27,28)/t17-,20-. The second kappa shape index (κ2) is 10.7. The van der Waals surface area contributed by atoms with E-state index in [1.54, 1.807) is 0 Å². The van der Waals surface area contributed by atoms with Crippen LogP contribution in [0.15, 0.2) is 30.5 Å².